The Morgan fingerprint density at radius 2 is 1.95 bits per heavy atom. The Bertz CT molecular complexity index is 1200. The summed E-state index contributed by atoms with van der Waals surface area (Å²) >= 11 is 0. The molecule has 4 rings (SSSR count). The van der Waals surface area contributed by atoms with Crippen molar-refractivity contribution in [3.63, 3.8) is 0 Å². The third-order valence-corrected chi connectivity index (χ3v) is 7.53. The fourth-order valence-electron chi connectivity index (χ4n) is 5.26. The molecule has 0 saturated carbocycles. The lowest BCUT2D eigenvalue weighted by molar-refractivity contribution is -0.138. The highest BCUT2D eigenvalue weighted by atomic mass is 19.4. The van der Waals surface area contributed by atoms with Crippen LogP contribution < -0.4 is 4.90 Å². The molecule has 1 amide bonds. The number of piperidine rings is 1. The second-order valence-corrected chi connectivity index (χ2v) is 10.2. The first-order valence-electron chi connectivity index (χ1n) is 12.5. The van der Waals surface area contributed by atoms with E-state index in [2.05, 4.69) is 6.07 Å². The molecule has 0 bridgehead atoms. The molecule has 198 valence electrons. The van der Waals surface area contributed by atoms with Gasteiger partial charge >= 0.3 is 6.18 Å². The van der Waals surface area contributed by atoms with Crippen LogP contribution in [0.4, 0.5) is 27.6 Å². The number of rotatable bonds is 7. The molecule has 2 aromatic carbocycles. The van der Waals surface area contributed by atoms with Gasteiger partial charge in [-0.05, 0) is 53.3 Å². The van der Waals surface area contributed by atoms with Crippen molar-refractivity contribution in [2.24, 2.45) is 11.8 Å². The molecule has 2 aliphatic rings. The Morgan fingerprint density at radius 1 is 1.19 bits per heavy atom. The number of hydrogen-bond acceptors (Lipinski definition) is 3. The number of carbonyl (C=O) groups is 1. The molecule has 2 aliphatic heterocycles. The number of nitrogens with zero attached hydrogens (tertiary/aromatic N) is 3. The van der Waals surface area contributed by atoms with Gasteiger partial charge in [-0.2, -0.15) is 18.4 Å². The first kappa shape index (κ1) is 27.1. The number of likely N-dealkylation sites (tertiary alicyclic amines) is 1. The largest absolute Gasteiger partial charge is 0.416 e. The summed E-state index contributed by atoms with van der Waals surface area (Å²) in [5.74, 6) is -4.05. The highest BCUT2D eigenvalue weighted by molar-refractivity contribution is 6.10. The summed E-state index contributed by atoms with van der Waals surface area (Å²) in [4.78, 5) is 16.4. The summed E-state index contributed by atoms with van der Waals surface area (Å²) in [6, 6.07) is 11.9. The number of carbonyl (C=O) groups excluding carboxylic acids is 1. The van der Waals surface area contributed by atoms with Gasteiger partial charge in [-0.1, -0.05) is 32.4 Å². The van der Waals surface area contributed by atoms with E-state index in [1.807, 2.05) is 13.0 Å². The van der Waals surface area contributed by atoms with Crippen molar-refractivity contribution in [3.05, 3.63) is 64.2 Å². The van der Waals surface area contributed by atoms with E-state index in [4.69, 9.17) is 5.26 Å². The van der Waals surface area contributed by atoms with Crippen LogP contribution in [0.15, 0.2) is 36.4 Å². The van der Waals surface area contributed by atoms with Crippen molar-refractivity contribution in [2.75, 3.05) is 18.0 Å². The van der Waals surface area contributed by atoms with E-state index < -0.39 is 29.5 Å². The fourth-order valence-corrected chi connectivity index (χ4v) is 5.26. The summed E-state index contributed by atoms with van der Waals surface area (Å²) in [7, 11) is 0. The van der Waals surface area contributed by atoms with E-state index in [0.717, 1.165) is 18.1 Å². The molecular formula is C28H30F5N3O. The van der Waals surface area contributed by atoms with E-state index in [9.17, 15) is 26.7 Å². The standard InChI is InChI=1S/C28H30F5N3O/c1-3-19(7-9-34)11-20-5-4-6-22(12-20)36-17-24-23(26(36)37)13-21(14-25(24)28(31,32)33)16-35-10-8-27(29,30)18(2)15-35/h4-6,12-14,18-19H,3,7-8,10-11,15-17H2,1-2H3. The normalized spacial score (nSPS) is 20.5. The average molecular weight is 520 g/mol. The van der Waals surface area contributed by atoms with Gasteiger partial charge in [0, 0.05) is 49.6 Å². The zero-order valence-electron chi connectivity index (χ0n) is 20.9. The maximum atomic E-state index is 14.1. The predicted octanol–water partition coefficient (Wildman–Crippen LogP) is 6.83. The molecule has 9 heteroatoms. The number of benzene rings is 2. The molecule has 1 fully saturated rings. The molecule has 37 heavy (non-hydrogen) atoms. The lowest BCUT2D eigenvalue weighted by atomic mass is 9.94. The Labute approximate surface area is 213 Å². The summed E-state index contributed by atoms with van der Waals surface area (Å²) < 4.78 is 70.0. The molecule has 2 aromatic rings. The molecule has 0 radical (unpaired) electrons. The zero-order chi connectivity index (χ0) is 27.0. The highest BCUT2D eigenvalue weighted by Gasteiger charge is 2.43. The van der Waals surface area contributed by atoms with Crippen LogP contribution in [-0.4, -0.2) is 29.8 Å². The van der Waals surface area contributed by atoms with Gasteiger partial charge in [-0.3, -0.25) is 9.69 Å². The van der Waals surface area contributed by atoms with Crippen molar-refractivity contribution < 1.29 is 26.7 Å². The highest BCUT2D eigenvalue weighted by Crippen LogP contribution is 2.40. The Hall–Kier alpha value is -2.99. The Balaban J connectivity index is 1.61. The van der Waals surface area contributed by atoms with Gasteiger partial charge < -0.3 is 4.90 Å². The maximum Gasteiger partial charge on any atom is 0.416 e. The van der Waals surface area contributed by atoms with Crippen LogP contribution in [-0.2, 0) is 25.7 Å². The minimum absolute atomic E-state index is 0.00142. The van der Waals surface area contributed by atoms with E-state index >= 15 is 0 Å². The second-order valence-electron chi connectivity index (χ2n) is 10.2. The minimum atomic E-state index is -4.66. The van der Waals surface area contributed by atoms with Crippen molar-refractivity contribution >= 4 is 11.6 Å². The van der Waals surface area contributed by atoms with Crippen LogP contribution in [0.25, 0.3) is 0 Å². The summed E-state index contributed by atoms with van der Waals surface area (Å²) in [6.45, 7) is 3.45. The first-order valence-corrected chi connectivity index (χ1v) is 12.5. The van der Waals surface area contributed by atoms with Crippen molar-refractivity contribution in [3.8, 4) is 6.07 Å². The summed E-state index contributed by atoms with van der Waals surface area (Å²) in [6.07, 6.45) is -3.15. The topological polar surface area (TPSA) is 47.3 Å². The van der Waals surface area contributed by atoms with Crippen molar-refractivity contribution in [2.45, 2.75) is 64.7 Å². The third-order valence-electron chi connectivity index (χ3n) is 7.53. The van der Waals surface area contributed by atoms with Crippen LogP contribution in [0.3, 0.4) is 0 Å². The number of anilines is 1. The van der Waals surface area contributed by atoms with Crippen LogP contribution in [0.5, 0.6) is 0 Å². The summed E-state index contributed by atoms with van der Waals surface area (Å²) in [5.41, 5.74) is 0.781. The molecule has 1 saturated heterocycles. The zero-order valence-corrected chi connectivity index (χ0v) is 20.9. The molecule has 0 spiro atoms. The lowest BCUT2D eigenvalue weighted by Gasteiger charge is -2.36. The Kier molecular flexibility index (Phi) is 7.61. The minimum Gasteiger partial charge on any atom is -0.304 e. The molecular weight excluding hydrogens is 489 g/mol. The van der Waals surface area contributed by atoms with Gasteiger partial charge in [0.05, 0.1) is 18.2 Å². The predicted molar refractivity (Wildman–Crippen MR) is 130 cm³/mol. The molecule has 0 N–H and O–H groups in total. The van der Waals surface area contributed by atoms with E-state index in [0.29, 0.717) is 18.5 Å². The van der Waals surface area contributed by atoms with E-state index in [1.165, 1.54) is 17.9 Å². The van der Waals surface area contributed by atoms with Gasteiger partial charge in [-0.25, -0.2) is 8.78 Å². The number of hydrogen-bond donors (Lipinski definition) is 0. The number of alkyl halides is 5. The van der Waals surface area contributed by atoms with Gasteiger partial charge in [0.1, 0.15) is 0 Å². The maximum absolute atomic E-state index is 14.1. The molecule has 2 unspecified atom stereocenters. The van der Waals surface area contributed by atoms with Gasteiger partial charge in [0.15, 0.2) is 0 Å². The Morgan fingerprint density at radius 3 is 2.59 bits per heavy atom. The quantitative estimate of drug-likeness (QED) is 0.377. The smallest absolute Gasteiger partial charge is 0.304 e. The van der Waals surface area contributed by atoms with Crippen LogP contribution in [0.2, 0.25) is 0 Å². The average Bonchev–Trinajstić information content (AvgIpc) is 3.17. The van der Waals surface area contributed by atoms with E-state index in [1.54, 1.807) is 23.1 Å². The van der Waals surface area contributed by atoms with Gasteiger partial charge in [0.2, 0.25) is 0 Å². The van der Waals surface area contributed by atoms with Crippen LogP contribution >= 0.6 is 0 Å². The van der Waals surface area contributed by atoms with Gasteiger partial charge in [0.25, 0.3) is 11.8 Å². The summed E-state index contributed by atoms with van der Waals surface area (Å²) in [5, 5.41) is 9.03. The van der Waals surface area contributed by atoms with E-state index in [-0.39, 0.29) is 55.2 Å². The van der Waals surface area contributed by atoms with Crippen LogP contribution in [0, 0.1) is 23.2 Å². The molecule has 0 aliphatic carbocycles. The monoisotopic (exact) mass is 519 g/mol. The second kappa shape index (κ2) is 10.4. The molecule has 0 aromatic heterocycles. The number of amides is 1. The van der Waals surface area contributed by atoms with Crippen molar-refractivity contribution in [1.29, 1.82) is 5.26 Å². The molecule has 2 atom stereocenters. The SMILES string of the molecule is CCC(CC#N)Cc1cccc(N2Cc3c(cc(CN4CCC(F)(F)C(C)C4)cc3C(F)(F)F)C2=O)c1. The van der Waals surface area contributed by atoms with Crippen LogP contribution in [0.1, 0.15) is 65.7 Å². The third kappa shape index (κ3) is 5.80. The number of fused-ring (bicyclic) bond motifs is 1. The number of halogens is 5. The molecule has 2 heterocycles. The molecule has 4 nitrogen and oxygen atoms in total. The van der Waals surface area contributed by atoms with Gasteiger partial charge in [-0.15, -0.1) is 0 Å². The lowest BCUT2D eigenvalue weighted by Crippen LogP contribution is -2.45. The first-order chi connectivity index (χ1) is 17.4. The van der Waals surface area contributed by atoms with Crippen molar-refractivity contribution in [1.82, 2.24) is 4.90 Å². The number of nitriles is 1. The fraction of sp³-hybridized carbons (Fsp3) is 0.500.